The van der Waals surface area contributed by atoms with Gasteiger partial charge in [0.15, 0.2) is 0 Å². The first-order chi connectivity index (χ1) is 6.77. The zero-order valence-corrected chi connectivity index (χ0v) is 9.64. The van der Waals surface area contributed by atoms with Crippen molar-refractivity contribution in [1.29, 1.82) is 0 Å². The van der Waals surface area contributed by atoms with Crippen LogP contribution < -0.4 is 0 Å². The van der Waals surface area contributed by atoms with Crippen molar-refractivity contribution < 1.29 is 4.79 Å². The molecule has 70 valence electrons. The van der Waals surface area contributed by atoms with E-state index in [9.17, 15) is 4.79 Å². The standard InChI is InChI=1S/C11H7BrOS/c12-11(8-4-2-1-3-5-8)9-6-7-10(13)14-9/h1-7H. The number of carbonyl (C=O) groups is 1. The molecule has 0 fully saturated rings. The molecular weight excluding hydrogens is 260 g/mol. The van der Waals surface area contributed by atoms with Crippen LogP contribution in [0, 0.1) is 0 Å². The van der Waals surface area contributed by atoms with Gasteiger partial charge in [-0.2, -0.15) is 0 Å². The summed E-state index contributed by atoms with van der Waals surface area (Å²) < 4.78 is 0.977. The summed E-state index contributed by atoms with van der Waals surface area (Å²) in [6.45, 7) is 0. The van der Waals surface area contributed by atoms with Crippen LogP contribution in [0.4, 0.5) is 0 Å². The van der Waals surface area contributed by atoms with Gasteiger partial charge in [0.2, 0.25) is 5.12 Å². The third kappa shape index (κ3) is 1.99. The highest BCUT2D eigenvalue weighted by atomic mass is 79.9. The predicted octanol–water partition coefficient (Wildman–Crippen LogP) is 3.58. The predicted molar refractivity (Wildman–Crippen MR) is 64.0 cm³/mol. The molecule has 0 atom stereocenters. The van der Waals surface area contributed by atoms with Gasteiger partial charge in [-0.05, 0) is 45.4 Å². The number of allylic oxidation sites excluding steroid dienone is 1. The van der Waals surface area contributed by atoms with Crippen LogP contribution in [0.2, 0.25) is 0 Å². The minimum Gasteiger partial charge on any atom is -0.282 e. The summed E-state index contributed by atoms with van der Waals surface area (Å²) in [7, 11) is 0. The van der Waals surface area contributed by atoms with Gasteiger partial charge in [0, 0.05) is 9.39 Å². The van der Waals surface area contributed by atoms with Crippen molar-refractivity contribution in [2.45, 2.75) is 0 Å². The average molecular weight is 267 g/mol. The lowest BCUT2D eigenvalue weighted by atomic mass is 10.2. The highest BCUT2D eigenvalue weighted by Crippen LogP contribution is 2.36. The Bertz CT molecular complexity index is 420. The maximum atomic E-state index is 11.0. The van der Waals surface area contributed by atoms with E-state index in [2.05, 4.69) is 15.9 Å². The minimum absolute atomic E-state index is 0.0906. The molecule has 1 aromatic carbocycles. The molecule has 0 spiro atoms. The summed E-state index contributed by atoms with van der Waals surface area (Å²) in [6, 6.07) is 9.93. The van der Waals surface area contributed by atoms with Crippen molar-refractivity contribution in [1.82, 2.24) is 0 Å². The fourth-order valence-corrected chi connectivity index (χ4v) is 2.50. The van der Waals surface area contributed by atoms with Crippen molar-refractivity contribution >= 4 is 37.3 Å². The van der Waals surface area contributed by atoms with Gasteiger partial charge in [-0.25, -0.2) is 0 Å². The number of hydrogen-bond acceptors (Lipinski definition) is 2. The lowest BCUT2D eigenvalue weighted by Crippen LogP contribution is -1.79. The molecule has 1 nitrogen and oxygen atoms in total. The maximum Gasteiger partial charge on any atom is 0.216 e. The third-order valence-corrected chi connectivity index (χ3v) is 3.87. The molecule has 0 saturated carbocycles. The molecule has 0 saturated heterocycles. The lowest BCUT2D eigenvalue weighted by molar-refractivity contribution is -0.106. The van der Waals surface area contributed by atoms with E-state index in [0.29, 0.717) is 0 Å². The second-order valence-electron chi connectivity index (χ2n) is 2.80. The molecule has 0 radical (unpaired) electrons. The van der Waals surface area contributed by atoms with E-state index in [1.54, 1.807) is 6.08 Å². The Kier molecular flexibility index (Phi) is 2.89. The summed E-state index contributed by atoms with van der Waals surface area (Å²) >= 11 is 4.75. The van der Waals surface area contributed by atoms with Crippen LogP contribution in [0.15, 0.2) is 47.4 Å². The van der Waals surface area contributed by atoms with Gasteiger partial charge in [-0.15, -0.1) is 0 Å². The maximum absolute atomic E-state index is 11.0. The molecule has 0 unspecified atom stereocenters. The first-order valence-corrected chi connectivity index (χ1v) is 5.73. The van der Waals surface area contributed by atoms with Crippen molar-refractivity contribution in [3.05, 3.63) is 53.0 Å². The second kappa shape index (κ2) is 4.15. The highest BCUT2D eigenvalue weighted by molar-refractivity contribution is 9.15. The Morgan fingerprint density at radius 1 is 1.14 bits per heavy atom. The van der Waals surface area contributed by atoms with E-state index in [0.717, 1.165) is 15.0 Å². The fourth-order valence-electron chi connectivity index (χ4n) is 1.16. The SMILES string of the molecule is O=C1C=CC(=C(Br)c2ccccc2)S1. The van der Waals surface area contributed by atoms with Crippen LogP contribution in [0.25, 0.3) is 4.48 Å². The summed E-state index contributed by atoms with van der Waals surface area (Å²) in [5, 5.41) is 0.0906. The molecule has 3 heteroatoms. The van der Waals surface area contributed by atoms with Crippen LogP contribution in [-0.4, -0.2) is 5.12 Å². The molecule has 0 amide bonds. The molecule has 2 rings (SSSR count). The van der Waals surface area contributed by atoms with Crippen molar-refractivity contribution in [2.75, 3.05) is 0 Å². The third-order valence-electron chi connectivity index (χ3n) is 1.82. The molecule has 14 heavy (non-hydrogen) atoms. The monoisotopic (exact) mass is 266 g/mol. The molecule has 0 bridgehead atoms. The van der Waals surface area contributed by atoms with E-state index in [4.69, 9.17) is 0 Å². The Hall–Kier alpha value is -0.800. The number of thioether (sulfide) groups is 1. The normalized spacial score (nSPS) is 18.8. The first-order valence-electron chi connectivity index (χ1n) is 4.12. The molecule has 1 aliphatic heterocycles. The summed E-state index contributed by atoms with van der Waals surface area (Å²) in [4.78, 5) is 12.0. The Labute approximate surface area is 95.0 Å². The molecule has 0 aliphatic carbocycles. The van der Waals surface area contributed by atoms with Crippen molar-refractivity contribution in [3.63, 3.8) is 0 Å². The van der Waals surface area contributed by atoms with Crippen LogP contribution >= 0.6 is 27.7 Å². The molecule has 1 aliphatic rings. The topological polar surface area (TPSA) is 17.1 Å². The van der Waals surface area contributed by atoms with Gasteiger partial charge in [0.1, 0.15) is 0 Å². The van der Waals surface area contributed by atoms with E-state index in [1.165, 1.54) is 11.8 Å². The van der Waals surface area contributed by atoms with E-state index < -0.39 is 0 Å². The van der Waals surface area contributed by atoms with Gasteiger partial charge in [0.05, 0.1) is 0 Å². The number of carbonyl (C=O) groups excluding carboxylic acids is 1. The van der Waals surface area contributed by atoms with E-state index in [-0.39, 0.29) is 5.12 Å². The van der Waals surface area contributed by atoms with E-state index >= 15 is 0 Å². The van der Waals surface area contributed by atoms with Crippen LogP contribution in [0.1, 0.15) is 5.56 Å². The van der Waals surface area contributed by atoms with Crippen molar-refractivity contribution in [3.8, 4) is 0 Å². The fraction of sp³-hybridized carbons (Fsp3) is 0. The molecule has 1 heterocycles. The van der Waals surface area contributed by atoms with Crippen LogP contribution in [0.3, 0.4) is 0 Å². The zero-order valence-electron chi connectivity index (χ0n) is 7.24. The minimum atomic E-state index is 0.0906. The first kappa shape index (κ1) is 9.74. The Balaban J connectivity index is 2.37. The quantitative estimate of drug-likeness (QED) is 0.773. The largest absolute Gasteiger partial charge is 0.282 e. The molecule has 1 aromatic rings. The Morgan fingerprint density at radius 2 is 1.86 bits per heavy atom. The van der Waals surface area contributed by atoms with Gasteiger partial charge in [-0.1, -0.05) is 30.3 Å². The highest BCUT2D eigenvalue weighted by Gasteiger charge is 2.13. The van der Waals surface area contributed by atoms with Crippen LogP contribution in [0.5, 0.6) is 0 Å². The summed E-state index contributed by atoms with van der Waals surface area (Å²) in [5.41, 5.74) is 1.09. The van der Waals surface area contributed by atoms with E-state index in [1.807, 2.05) is 36.4 Å². The number of hydrogen-bond donors (Lipinski definition) is 0. The summed E-state index contributed by atoms with van der Waals surface area (Å²) in [6.07, 6.45) is 3.42. The van der Waals surface area contributed by atoms with Gasteiger partial charge in [0.25, 0.3) is 0 Å². The number of benzene rings is 1. The molecular formula is C11H7BrOS. The van der Waals surface area contributed by atoms with Crippen LogP contribution in [-0.2, 0) is 4.79 Å². The number of halogens is 1. The smallest absolute Gasteiger partial charge is 0.216 e. The molecule has 0 N–H and O–H groups in total. The van der Waals surface area contributed by atoms with Gasteiger partial charge in [-0.3, -0.25) is 4.79 Å². The zero-order chi connectivity index (χ0) is 9.97. The number of rotatable bonds is 1. The van der Waals surface area contributed by atoms with Crippen molar-refractivity contribution in [2.24, 2.45) is 0 Å². The molecule has 0 aromatic heterocycles. The Morgan fingerprint density at radius 3 is 2.43 bits per heavy atom. The van der Waals surface area contributed by atoms with Gasteiger partial charge < -0.3 is 0 Å². The average Bonchev–Trinajstić information content (AvgIpc) is 2.65. The summed E-state index contributed by atoms with van der Waals surface area (Å²) in [5.74, 6) is 0. The second-order valence-corrected chi connectivity index (χ2v) is 4.64. The van der Waals surface area contributed by atoms with Gasteiger partial charge >= 0.3 is 0 Å². The lowest BCUT2D eigenvalue weighted by Gasteiger charge is -2.01.